The van der Waals surface area contributed by atoms with Gasteiger partial charge < -0.3 is 4.79 Å². The van der Waals surface area contributed by atoms with Crippen LogP contribution in [0.5, 0.6) is 0 Å². The first kappa shape index (κ1) is 7.33. The van der Waals surface area contributed by atoms with Gasteiger partial charge in [0.1, 0.15) is 6.29 Å². The summed E-state index contributed by atoms with van der Waals surface area (Å²) in [6, 6.07) is 0. The van der Waals surface area contributed by atoms with E-state index in [1.807, 2.05) is 0 Å². The fourth-order valence-corrected chi connectivity index (χ4v) is 3.16. The van der Waals surface area contributed by atoms with Crippen LogP contribution in [-0.4, -0.2) is 6.29 Å². The Morgan fingerprint density at radius 3 is 2.55 bits per heavy atom. The Morgan fingerprint density at radius 1 is 1.55 bits per heavy atom. The van der Waals surface area contributed by atoms with Crippen molar-refractivity contribution in [3.05, 3.63) is 0 Å². The normalized spacial score (nSPS) is 54.9. The van der Waals surface area contributed by atoms with Crippen molar-refractivity contribution in [2.24, 2.45) is 23.2 Å². The minimum absolute atomic E-state index is 0.367. The van der Waals surface area contributed by atoms with Crippen molar-refractivity contribution < 1.29 is 4.79 Å². The third kappa shape index (κ3) is 0.743. The number of carbonyl (C=O) groups excluding carboxylic acids is 1. The molecule has 2 fully saturated rings. The van der Waals surface area contributed by atoms with Crippen LogP contribution in [0, 0.1) is 23.2 Å². The van der Waals surface area contributed by atoms with E-state index in [0.29, 0.717) is 11.3 Å². The molecule has 0 aromatic heterocycles. The Balaban J connectivity index is 2.29. The lowest BCUT2D eigenvalue weighted by molar-refractivity contribution is -0.114. The molecule has 0 radical (unpaired) electrons. The molecule has 2 aliphatic rings. The highest BCUT2D eigenvalue weighted by atomic mass is 16.1. The average Bonchev–Trinajstić information content (AvgIpc) is 2.40. The molecular formula is C10H16O. The molecule has 0 spiro atoms. The second kappa shape index (κ2) is 2.09. The Bertz CT molecular complexity index is 187. The van der Waals surface area contributed by atoms with Crippen molar-refractivity contribution in [1.82, 2.24) is 0 Å². The Hall–Kier alpha value is -0.330. The number of aldehydes is 1. The molecule has 0 saturated heterocycles. The standard InChI is InChI=1S/C10H16O/c1-7-8-3-4-10(7,2)9(5-8)6-11/h6-9H,3-5H2,1-2H3. The fraction of sp³-hybridized carbons (Fsp3) is 0.900. The molecule has 11 heavy (non-hydrogen) atoms. The van der Waals surface area contributed by atoms with Gasteiger partial charge in [-0.2, -0.15) is 0 Å². The molecule has 2 rings (SSSR count). The van der Waals surface area contributed by atoms with E-state index >= 15 is 0 Å². The Kier molecular flexibility index (Phi) is 1.39. The van der Waals surface area contributed by atoms with E-state index in [4.69, 9.17) is 0 Å². The first-order chi connectivity index (χ1) is 5.18. The molecule has 4 atom stereocenters. The molecule has 1 nitrogen and oxygen atoms in total. The number of fused-ring (bicyclic) bond motifs is 2. The van der Waals surface area contributed by atoms with Gasteiger partial charge in [-0.3, -0.25) is 0 Å². The Morgan fingerprint density at radius 2 is 2.27 bits per heavy atom. The lowest BCUT2D eigenvalue weighted by atomic mass is 9.75. The van der Waals surface area contributed by atoms with Crippen molar-refractivity contribution in [3.8, 4) is 0 Å². The van der Waals surface area contributed by atoms with E-state index in [9.17, 15) is 4.79 Å². The minimum atomic E-state index is 0.367. The van der Waals surface area contributed by atoms with Gasteiger partial charge in [-0.05, 0) is 36.5 Å². The summed E-state index contributed by atoms with van der Waals surface area (Å²) in [6.07, 6.45) is 5.00. The number of carbonyl (C=O) groups is 1. The van der Waals surface area contributed by atoms with E-state index in [1.165, 1.54) is 25.5 Å². The molecule has 0 aromatic rings. The zero-order valence-electron chi connectivity index (χ0n) is 7.34. The molecule has 62 valence electrons. The van der Waals surface area contributed by atoms with Gasteiger partial charge in [-0.1, -0.05) is 13.8 Å². The summed E-state index contributed by atoms with van der Waals surface area (Å²) in [7, 11) is 0. The zero-order chi connectivity index (χ0) is 8.06. The van der Waals surface area contributed by atoms with Gasteiger partial charge >= 0.3 is 0 Å². The third-order valence-electron chi connectivity index (χ3n) is 4.37. The summed E-state index contributed by atoms with van der Waals surface area (Å²) in [4.78, 5) is 10.7. The number of hydrogen-bond donors (Lipinski definition) is 0. The highest BCUT2D eigenvalue weighted by Crippen LogP contribution is 2.60. The van der Waals surface area contributed by atoms with Crippen LogP contribution in [0.4, 0.5) is 0 Å². The quantitative estimate of drug-likeness (QED) is 0.527. The molecule has 2 aliphatic carbocycles. The second-order valence-electron chi connectivity index (χ2n) is 4.57. The molecule has 2 saturated carbocycles. The lowest BCUT2D eigenvalue weighted by Crippen LogP contribution is -2.25. The summed E-state index contributed by atoms with van der Waals surface area (Å²) < 4.78 is 0. The number of rotatable bonds is 1. The summed E-state index contributed by atoms with van der Waals surface area (Å²) in [6.45, 7) is 4.62. The zero-order valence-corrected chi connectivity index (χ0v) is 7.34. The first-order valence-electron chi connectivity index (χ1n) is 4.64. The van der Waals surface area contributed by atoms with E-state index in [0.717, 1.165) is 11.8 Å². The summed E-state index contributed by atoms with van der Waals surface area (Å²) in [5, 5.41) is 0. The smallest absolute Gasteiger partial charge is 0.123 e. The molecule has 0 N–H and O–H groups in total. The number of hydrogen-bond acceptors (Lipinski definition) is 1. The van der Waals surface area contributed by atoms with Crippen LogP contribution in [0.1, 0.15) is 33.1 Å². The lowest BCUT2D eigenvalue weighted by Gasteiger charge is -2.29. The van der Waals surface area contributed by atoms with Gasteiger partial charge in [0, 0.05) is 5.92 Å². The molecule has 2 bridgehead atoms. The largest absolute Gasteiger partial charge is 0.303 e. The van der Waals surface area contributed by atoms with Crippen molar-refractivity contribution in [2.45, 2.75) is 33.1 Å². The van der Waals surface area contributed by atoms with Crippen LogP contribution < -0.4 is 0 Å². The van der Waals surface area contributed by atoms with Crippen LogP contribution in [0.25, 0.3) is 0 Å². The van der Waals surface area contributed by atoms with Crippen molar-refractivity contribution >= 4 is 6.29 Å². The van der Waals surface area contributed by atoms with Gasteiger partial charge in [-0.15, -0.1) is 0 Å². The van der Waals surface area contributed by atoms with E-state index in [2.05, 4.69) is 13.8 Å². The highest BCUT2D eigenvalue weighted by molar-refractivity contribution is 5.56. The van der Waals surface area contributed by atoms with Crippen LogP contribution >= 0.6 is 0 Å². The topological polar surface area (TPSA) is 17.1 Å². The van der Waals surface area contributed by atoms with E-state index in [1.54, 1.807) is 0 Å². The maximum absolute atomic E-state index is 10.7. The SMILES string of the molecule is CC1C2CCC1(C)C(C=O)C2. The summed E-state index contributed by atoms with van der Waals surface area (Å²) in [5.74, 6) is 2.02. The van der Waals surface area contributed by atoms with Crippen molar-refractivity contribution in [3.63, 3.8) is 0 Å². The van der Waals surface area contributed by atoms with Crippen LogP contribution in [0.2, 0.25) is 0 Å². The van der Waals surface area contributed by atoms with Gasteiger partial charge in [0.15, 0.2) is 0 Å². The van der Waals surface area contributed by atoms with Gasteiger partial charge in [-0.25, -0.2) is 0 Å². The monoisotopic (exact) mass is 152 g/mol. The highest BCUT2D eigenvalue weighted by Gasteiger charge is 2.53. The third-order valence-corrected chi connectivity index (χ3v) is 4.37. The first-order valence-corrected chi connectivity index (χ1v) is 4.64. The second-order valence-corrected chi connectivity index (χ2v) is 4.57. The maximum Gasteiger partial charge on any atom is 0.123 e. The molecule has 0 amide bonds. The van der Waals surface area contributed by atoms with Crippen molar-refractivity contribution in [2.75, 3.05) is 0 Å². The maximum atomic E-state index is 10.7. The average molecular weight is 152 g/mol. The van der Waals surface area contributed by atoms with Crippen LogP contribution in [0.3, 0.4) is 0 Å². The summed E-state index contributed by atoms with van der Waals surface area (Å²) >= 11 is 0. The molecule has 0 heterocycles. The minimum Gasteiger partial charge on any atom is -0.303 e. The molecule has 4 unspecified atom stereocenters. The molecule has 0 aliphatic heterocycles. The van der Waals surface area contributed by atoms with E-state index in [-0.39, 0.29) is 0 Å². The Labute approximate surface area is 68.2 Å². The molecular weight excluding hydrogens is 136 g/mol. The predicted molar refractivity (Wildman–Crippen MR) is 44.2 cm³/mol. The van der Waals surface area contributed by atoms with Gasteiger partial charge in [0.05, 0.1) is 0 Å². The predicted octanol–water partition coefficient (Wildman–Crippen LogP) is 2.26. The summed E-state index contributed by atoms with van der Waals surface area (Å²) in [5.41, 5.74) is 0.367. The fourth-order valence-electron chi connectivity index (χ4n) is 3.16. The van der Waals surface area contributed by atoms with Gasteiger partial charge in [0.25, 0.3) is 0 Å². The molecule has 0 aromatic carbocycles. The van der Waals surface area contributed by atoms with Gasteiger partial charge in [0.2, 0.25) is 0 Å². The molecule has 1 heteroatoms. The van der Waals surface area contributed by atoms with Crippen molar-refractivity contribution in [1.29, 1.82) is 0 Å². The van der Waals surface area contributed by atoms with Crippen LogP contribution in [-0.2, 0) is 4.79 Å². The van der Waals surface area contributed by atoms with E-state index < -0.39 is 0 Å². The van der Waals surface area contributed by atoms with Crippen LogP contribution in [0.15, 0.2) is 0 Å².